The summed E-state index contributed by atoms with van der Waals surface area (Å²) in [5.74, 6) is 0.365. The van der Waals surface area contributed by atoms with Gasteiger partial charge in [0.2, 0.25) is 0 Å². The molecule has 3 heterocycles. The summed E-state index contributed by atoms with van der Waals surface area (Å²) in [6, 6.07) is 16.2. The maximum Gasteiger partial charge on any atom is 0.288 e. The molecule has 3 aliphatic heterocycles. The van der Waals surface area contributed by atoms with E-state index in [1.165, 1.54) is 11.1 Å². The lowest BCUT2D eigenvalue weighted by Gasteiger charge is -2.39. The predicted octanol–water partition coefficient (Wildman–Crippen LogP) is 3.53. The van der Waals surface area contributed by atoms with Gasteiger partial charge >= 0.3 is 0 Å². The van der Waals surface area contributed by atoms with E-state index in [-0.39, 0.29) is 18.0 Å². The minimum absolute atomic E-state index is 0.0103. The van der Waals surface area contributed by atoms with Crippen molar-refractivity contribution in [2.24, 2.45) is 10.9 Å². The molecule has 1 fully saturated rings. The number of fused-ring (bicyclic) bond motifs is 1. The largest absolute Gasteiger partial charge is 0.460 e. The summed E-state index contributed by atoms with van der Waals surface area (Å²) in [7, 11) is 0. The van der Waals surface area contributed by atoms with E-state index in [9.17, 15) is 4.39 Å². The molecular weight excluding hydrogens is 353 g/mol. The van der Waals surface area contributed by atoms with Crippen molar-refractivity contribution in [1.82, 2.24) is 10.2 Å². The van der Waals surface area contributed by atoms with Crippen molar-refractivity contribution in [2.45, 2.75) is 31.4 Å². The molecule has 1 saturated heterocycles. The van der Waals surface area contributed by atoms with Gasteiger partial charge in [0.25, 0.3) is 6.02 Å². The number of ether oxygens (including phenoxy) is 1. The van der Waals surface area contributed by atoms with Gasteiger partial charge in [0, 0.05) is 12.5 Å². The molecule has 2 atom stereocenters. The summed E-state index contributed by atoms with van der Waals surface area (Å²) >= 11 is 0. The third-order valence-electron chi connectivity index (χ3n) is 6.29. The number of piperidine rings is 1. The second kappa shape index (κ2) is 7.55. The standard InChI is InChI=1S/C23H26FN3O/c24-19-7-5-18(6-8-19)22-20-4-2-1-3-16(20)11-14-27(22)23-26-15-21(28-23)17-9-12-25-13-10-17/h1-8,17,21-22,25H,9-15H2/t21-,22-/m0/s1. The second-order valence-electron chi connectivity index (χ2n) is 7.96. The molecule has 1 N–H and O–H groups in total. The lowest BCUT2D eigenvalue weighted by molar-refractivity contribution is 0.102. The quantitative estimate of drug-likeness (QED) is 0.867. The van der Waals surface area contributed by atoms with Crippen molar-refractivity contribution >= 4 is 6.02 Å². The molecule has 0 aromatic heterocycles. The van der Waals surface area contributed by atoms with Crippen LogP contribution in [0.4, 0.5) is 4.39 Å². The molecule has 0 spiro atoms. The summed E-state index contributed by atoms with van der Waals surface area (Å²) in [6.07, 6.45) is 3.45. The number of nitrogens with one attached hydrogen (secondary N) is 1. The van der Waals surface area contributed by atoms with Gasteiger partial charge in [-0.15, -0.1) is 0 Å². The highest BCUT2D eigenvalue weighted by molar-refractivity contribution is 5.77. The highest BCUT2D eigenvalue weighted by Gasteiger charge is 2.37. The highest BCUT2D eigenvalue weighted by Crippen LogP contribution is 2.37. The number of amidine groups is 1. The molecule has 5 heteroatoms. The van der Waals surface area contributed by atoms with E-state index in [1.54, 1.807) is 12.1 Å². The van der Waals surface area contributed by atoms with Crippen LogP contribution in [-0.2, 0) is 11.2 Å². The number of halogens is 1. The van der Waals surface area contributed by atoms with E-state index in [2.05, 4.69) is 34.5 Å². The van der Waals surface area contributed by atoms with Crippen LogP contribution in [0.1, 0.15) is 35.6 Å². The fraction of sp³-hybridized carbons (Fsp3) is 0.435. The number of nitrogens with zero attached hydrogens (tertiary/aromatic N) is 2. The Morgan fingerprint density at radius 2 is 1.82 bits per heavy atom. The molecule has 3 aliphatic rings. The van der Waals surface area contributed by atoms with Gasteiger partial charge < -0.3 is 15.0 Å². The first-order valence-corrected chi connectivity index (χ1v) is 10.3. The van der Waals surface area contributed by atoms with Gasteiger partial charge in [-0.3, -0.25) is 0 Å². The van der Waals surface area contributed by atoms with Crippen LogP contribution in [-0.4, -0.2) is 43.2 Å². The number of benzene rings is 2. The van der Waals surface area contributed by atoms with Crippen LogP contribution in [0.2, 0.25) is 0 Å². The maximum atomic E-state index is 13.5. The number of hydrogen-bond donors (Lipinski definition) is 1. The lowest BCUT2D eigenvalue weighted by Crippen LogP contribution is -2.42. The van der Waals surface area contributed by atoms with Crippen molar-refractivity contribution in [2.75, 3.05) is 26.2 Å². The van der Waals surface area contributed by atoms with Gasteiger partial charge in [0.1, 0.15) is 11.9 Å². The van der Waals surface area contributed by atoms with Crippen LogP contribution in [0.3, 0.4) is 0 Å². The second-order valence-corrected chi connectivity index (χ2v) is 7.96. The number of rotatable bonds is 2. The number of hydrogen-bond acceptors (Lipinski definition) is 4. The summed E-state index contributed by atoms with van der Waals surface area (Å²) in [5.41, 5.74) is 3.68. The first kappa shape index (κ1) is 17.7. The maximum absolute atomic E-state index is 13.5. The zero-order chi connectivity index (χ0) is 18.9. The van der Waals surface area contributed by atoms with Gasteiger partial charge in [-0.1, -0.05) is 36.4 Å². The van der Waals surface area contributed by atoms with Gasteiger partial charge in [-0.2, -0.15) is 0 Å². The first-order chi connectivity index (χ1) is 13.8. The van der Waals surface area contributed by atoms with Gasteiger partial charge in [0.05, 0.1) is 12.6 Å². The monoisotopic (exact) mass is 379 g/mol. The van der Waals surface area contributed by atoms with E-state index < -0.39 is 0 Å². The van der Waals surface area contributed by atoms with Crippen molar-refractivity contribution in [3.63, 3.8) is 0 Å². The zero-order valence-corrected chi connectivity index (χ0v) is 16.0. The zero-order valence-electron chi connectivity index (χ0n) is 16.0. The van der Waals surface area contributed by atoms with Crippen molar-refractivity contribution in [3.05, 3.63) is 71.0 Å². The molecule has 4 nitrogen and oxygen atoms in total. The molecule has 0 saturated carbocycles. The Kier molecular flexibility index (Phi) is 4.77. The van der Waals surface area contributed by atoms with E-state index >= 15 is 0 Å². The Morgan fingerprint density at radius 1 is 1.04 bits per heavy atom. The summed E-state index contributed by atoms with van der Waals surface area (Å²) in [6.45, 7) is 3.73. The summed E-state index contributed by atoms with van der Waals surface area (Å²) in [4.78, 5) is 7.08. The molecular formula is C23H26FN3O. The Morgan fingerprint density at radius 3 is 2.64 bits per heavy atom. The third-order valence-corrected chi connectivity index (χ3v) is 6.29. The smallest absolute Gasteiger partial charge is 0.288 e. The topological polar surface area (TPSA) is 36.9 Å². The molecule has 0 unspecified atom stereocenters. The van der Waals surface area contributed by atoms with Gasteiger partial charge in [-0.25, -0.2) is 9.38 Å². The fourth-order valence-corrected chi connectivity index (χ4v) is 4.78. The molecule has 0 radical (unpaired) electrons. The van der Waals surface area contributed by atoms with Crippen LogP contribution in [0.25, 0.3) is 0 Å². The molecule has 0 amide bonds. The molecule has 0 bridgehead atoms. The summed E-state index contributed by atoms with van der Waals surface area (Å²) < 4.78 is 19.9. The van der Waals surface area contributed by atoms with Crippen LogP contribution >= 0.6 is 0 Å². The minimum atomic E-state index is -0.208. The third kappa shape index (κ3) is 3.28. The fourth-order valence-electron chi connectivity index (χ4n) is 4.78. The Labute approximate surface area is 165 Å². The molecule has 5 rings (SSSR count). The van der Waals surface area contributed by atoms with Crippen molar-refractivity contribution in [3.8, 4) is 0 Å². The average Bonchev–Trinajstić information content (AvgIpc) is 3.24. The summed E-state index contributed by atoms with van der Waals surface area (Å²) in [5, 5.41) is 3.42. The molecule has 2 aromatic carbocycles. The van der Waals surface area contributed by atoms with Crippen LogP contribution in [0, 0.1) is 11.7 Å². The Hall–Kier alpha value is -2.40. The van der Waals surface area contributed by atoms with Gasteiger partial charge in [-0.05, 0) is 61.2 Å². The molecule has 146 valence electrons. The number of aliphatic imine (C=N–C) groups is 1. The normalized spacial score (nSPS) is 25.2. The van der Waals surface area contributed by atoms with E-state index in [1.807, 2.05) is 12.1 Å². The van der Waals surface area contributed by atoms with Crippen LogP contribution in [0.5, 0.6) is 0 Å². The highest BCUT2D eigenvalue weighted by atomic mass is 19.1. The molecule has 0 aliphatic carbocycles. The van der Waals surface area contributed by atoms with Crippen LogP contribution in [0.15, 0.2) is 53.5 Å². The Bertz CT molecular complexity index is 860. The lowest BCUT2D eigenvalue weighted by atomic mass is 9.88. The average molecular weight is 379 g/mol. The van der Waals surface area contributed by atoms with E-state index in [0.29, 0.717) is 5.92 Å². The molecule has 2 aromatic rings. The Balaban J connectivity index is 1.44. The minimum Gasteiger partial charge on any atom is -0.460 e. The molecule has 28 heavy (non-hydrogen) atoms. The van der Waals surface area contributed by atoms with E-state index in [4.69, 9.17) is 9.73 Å². The first-order valence-electron chi connectivity index (χ1n) is 10.3. The SMILES string of the molecule is Fc1ccc([C@H]2c3ccccc3CCN2C2=NC[C@@H](C3CCNCC3)O2)cc1. The van der Waals surface area contributed by atoms with Crippen molar-refractivity contribution in [1.29, 1.82) is 0 Å². The van der Waals surface area contributed by atoms with Gasteiger partial charge in [0.15, 0.2) is 0 Å². The van der Waals surface area contributed by atoms with Crippen LogP contribution < -0.4 is 5.32 Å². The van der Waals surface area contributed by atoms with Crippen molar-refractivity contribution < 1.29 is 9.13 Å². The van der Waals surface area contributed by atoms with E-state index in [0.717, 1.165) is 57.0 Å². The predicted molar refractivity (Wildman–Crippen MR) is 108 cm³/mol.